The Morgan fingerprint density at radius 2 is 1.89 bits per heavy atom. The lowest BCUT2D eigenvalue weighted by molar-refractivity contribution is 0.102. The molecule has 3 heteroatoms. The van der Waals surface area contributed by atoms with E-state index < -0.39 is 0 Å². The first-order chi connectivity index (χ1) is 9.24. The molecule has 0 unspecified atom stereocenters. The predicted molar refractivity (Wildman–Crippen MR) is 76.1 cm³/mol. The molecule has 0 radical (unpaired) electrons. The van der Waals surface area contributed by atoms with Crippen molar-refractivity contribution >= 4 is 11.6 Å². The molecule has 0 aromatic heterocycles. The maximum absolute atomic E-state index is 12.2. The summed E-state index contributed by atoms with van der Waals surface area (Å²) in [6.45, 7) is 3.73. The monoisotopic (exact) mass is 252 g/mol. The fraction of sp³-hybridized carbons (Fsp3) is 0.188. The first-order valence-electron chi connectivity index (χ1n) is 6.43. The third kappa shape index (κ3) is 2.37. The Hall–Kier alpha value is -2.13. The number of benzene rings is 2. The van der Waals surface area contributed by atoms with E-state index in [4.69, 9.17) is 0 Å². The molecule has 2 N–H and O–H groups in total. The number of carbonyl (C=O) groups is 1. The van der Waals surface area contributed by atoms with E-state index in [-0.39, 0.29) is 5.91 Å². The molecule has 1 aliphatic rings. The number of carbonyl (C=O) groups excluding carboxylic acids is 1. The molecule has 96 valence electrons. The van der Waals surface area contributed by atoms with Crippen LogP contribution in [-0.2, 0) is 13.1 Å². The van der Waals surface area contributed by atoms with Crippen LogP contribution in [0.15, 0.2) is 42.5 Å². The average molecular weight is 252 g/mol. The van der Waals surface area contributed by atoms with Crippen molar-refractivity contribution in [1.82, 2.24) is 5.32 Å². The first kappa shape index (κ1) is 11.9. The molecule has 2 aromatic rings. The number of nitrogens with one attached hydrogen (secondary N) is 2. The second kappa shape index (κ2) is 4.86. The molecular formula is C16H16N2O. The standard InChI is InChI=1S/C16H16N2O/c1-11-4-2-3-5-15(11)18-16(19)12-6-7-13-9-17-10-14(13)8-12/h2-8,17H,9-10H2,1H3,(H,18,19). The van der Waals surface area contributed by atoms with Gasteiger partial charge in [0.1, 0.15) is 0 Å². The lowest BCUT2D eigenvalue weighted by Gasteiger charge is -2.09. The van der Waals surface area contributed by atoms with Crippen LogP contribution in [0.4, 0.5) is 5.69 Å². The van der Waals surface area contributed by atoms with E-state index in [9.17, 15) is 4.79 Å². The smallest absolute Gasteiger partial charge is 0.255 e. The van der Waals surface area contributed by atoms with Crippen LogP contribution in [0.2, 0.25) is 0 Å². The summed E-state index contributed by atoms with van der Waals surface area (Å²) in [5.41, 5.74) is 5.15. The zero-order chi connectivity index (χ0) is 13.2. The van der Waals surface area contributed by atoms with Crippen molar-refractivity contribution in [3.8, 4) is 0 Å². The summed E-state index contributed by atoms with van der Waals surface area (Å²) in [7, 11) is 0. The molecule has 0 saturated carbocycles. The van der Waals surface area contributed by atoms with E-state index in [1.807, 2.05) is 49.4 Å². The zero-order valence-corrected chi connectivity index (χ0v) is 10.9. The molecule has 0 saturated heterocycles. The van der Waals surface area contributed by atoms with Gasteiger partial charge in [0.25, 0.3) is 5.91 Å². The Balaban J connectivity index is 1.83. The third-order valence-electron chi connectivity index (χ3n) is 3.49. The van der Waals surface area contributed by atoms with Crippen LogP contribution >= 0.6 is 0 Å². The molecule has 0 fully saturated rings. The zero-order valence-electron chi connectivity index (χ0n) is 10.9. The van der Waals surface area contributed by atoms with Crippen LogP contribution < -0.4 is 10.6 Å². The van der Waals surface area contributed by atoms with Crippen molar-refractivity contribution in [2.75, 3.05) is 5.32 Å². The summed E-state index contributed by atoms with van der Waals surface area (Å²) in [5.74, 6) is -0.0519. The van der Waals surface area contributed by atoms with E-state index in [1.54, 1.807) is 0 Å². The van der Waals surface area contributed by atoms with Crippen molar-refractivity contribution in [2.45, 2.75) is 20.0 Å². The summed E-state index contributed by atoms with van der Waals surface area (Å²) in [6, 6.07) is 13.7. The van der Waals surface area contributed by atoms with Gasteiger partial charge in [-0.15, -0.1) is 0 Å². The summed E-state index contributed by atoms with van der Waals surface area (Å²) >= 11 is 0. The molecule has 1 heterocycles. The molecule has 0 aliphatic carbocycles. The van der Waals surface area contributed by atoms with Gasteiger partial charge in [0.2, 0.25) is 0 Å². The van der Waals surface area contributed by atoms with Gasteiger partial charge in [0.05, 0.1) is 0 Å². The van der Waals surface area contributed by atoms with E-state index in [1.165, 1.54) is 11.1 Å². The molecule has 1 amide bonds. The third-order valence-corrected chi connectivity index (χ3v) is 3.49. The Kier molecular flexibility index (Phi) is 3.05. The number of fused-ring (bicyclic) bond motifs is 1. The van der Waals surface area contributed by atoms with Gasteiger partial charge in [-0.05, 0) is 41.8 Å². The van der Waals surface area contributed by atoms with E-state index >= 15 is 0 Å². The Morgan fingerprint density at radius 1 is 1.11 bits per heavy atom. The van der Waals surface area contributed by atoms with Crippen molar-refractivity contribution in [3.05, 3.63) is 64.7 Å². The topological polar surface area (TPSA) is 41.1 Å². The molecule has 1 aliphatic heterocycles. The molecule has 2 aromatic carbocycles. The van der Waals surface area contributed by atoms with Gasteiger partial charge in [-0.25, -0.2) is 0 Å². The highest BCUT2D eigenvalue weighted by molar-refractivity contribution is 6.04. The lowest BCUT2D eigenvalue weighted by atomic mass is 10.1. The highest BCUT2D eigenvalue weighted by Gasteiger charge is 2.13. The second-order valence-corrected chi connectivity index (χ2v) is 4.86. The van der Waals surface area contributed by atoms with Gasteiger partial charge in [0, 0.05) is 24.3 Å². The molecule has 3 rings (SSSR count). The van der Waals surface area contributed by atoms with Gasteiger partial charge < -0.3 is 10.6 Å². The van der Waals surface area contributed by atoms with E-state index in [0.29, 0.717) is 5.56 Å². The second-order valence-electron chi connectivity index (χ2n) is 4.86. The van der Waals surface area contributed by atoms with Gasteiger partial charge in [-0.1, -0.05) is 24.3 Å². The summed E-state index contributed by atoms with van der Waals surface area (Å²) in [5, 5.41) is 6.24. The van der Waals surface area contributed by atoms with Crippen molar-refractivity contribution in [1.29, 1.82) is 0 Å². The number of hydrogen-bond donors (Lipinski definition) is 2. The predicted octanol–water partition coefficient (Wildman–Crippen LogP) is 2.85. The van der Waals surface area contributed by atoms with Crippen LogP contribution in [0.25, 0.3) is 0 Å². The maximum Gasteiger partial charge on any atom is 0.255 e. The molecular weight excluding hydrogens is 236 g/mol. The molecule has 0 atom stereocenters. The number of amides is 1. The fourth-order valence-electron chi connectivity index (χ4n) is 2.34. The molecule has 0 spiro atoms. The Labute approximate surface area is 112 Å². The van der Waals surface area contributed by atoms with Gasteiger partial charge in [-0.3, -0.25) is 4.79 Å². The minimum Gasteiger partial charge on any atom is -0.322 e. The Morgan fingerprint density at radius 3 is 2.74 bits per heavy atom. The largest absolute Gasteiger partial charge is 0.322 e. The van der Waals surface area contributed by atoms with Crippen LogP contribution in [0.3, 0.4) is 0 Å². The quantitative estimate of drug-likeness (QED) is 0.863. The molecule has 19 heavy (non-hydrogen) atoms. The van der Waals surface area contributed by atoms with Crippen LogP contribution in [0, 0.1) is 6.92 Å². The highest BCUT2D eigenvalue weighted by atomic mass is 16.1. The number of para-hydroxylation sites is 1. The summed E-state index contributed by atoms with van der Waals surface area (Å²) in [4.78, 5) is 12.2. The van der Waals surface area contributed by atoms with Gasteiger partial charge in [0.15, 0.2) is 0 Å². The van der Waals surface area contributed by atoms with Crippen molar-refractivity contribution in [3.63, 3.8) is 0 Å². The van der Waals surface area contributed by atoms with Crippen LogP contribution in [-0.4, -0.2) is 5.91 Å². The number of aryl methyl sites for hydroxylation is 1. The van der Waals surface area contributed by atoms with Gasteiger partial charge in [-0.2, -0.15) is 0 Å². The Bertz CT molecular complexity index is 634. The number of anilines is 1. The van der Waals surface area contributed by atoms with E-state index in [2.05, 4.69) is 10.6 Å². The molecule has 3 nitrogen and oxygen atoms in total. The lowest BCUT2D eigenvalue weighted by Crippen LogP contribution is -2.13. The maximum atomic E-state index is 12.2. The SMILES string of the molecule is Cc1ccccc1NC(=O)c1ccc2c(c1)CNC2. The van der Waals surface area contributed by atoms with Gasteiger partial charge >= 0.3 is 0 Å². The first-order valence-corrected chi connectivity index (χ1v) is 6.43. The number of rotatable bonds is 2. The average Bonchev–Trinajstić information content (AvgIpc) is 2.88. The van der Waals surface area contributed by atoms with E-state index in [0.717, 1.165) is 24.3 Å². The minimum absolute atomic E-state index is 0.0519. The van der Waals surface area contributed by atoms with Crippen molar-refractivity contribution in [2.24, 2.45) is 0 Å². The minimum atomic E-state index is -0.0519. The summed E-state index contributed by atoms with van der Waals surface area (Å²) < 4.78 is 0. The van der Waals surface area contributed by atoms with Crippen LogP contribution in [0.1, 0.15) is 27.0 Å². The normalized spacial score (nSPS) is 13.1. The highest BCUT2D eigenvalue weighted by Crippen LogP contribution is 2.19. The van der Waals surface area contributed by atoms with Crippen LogP contribution in [0.5, 0.6) is 0 Å². The van der Waals surface area contributed by atoms with Crippen molar-refractivity contribution < 1.29 is 4.79 Å². The number of hydrogen-bond acceptors (Lipinski definition) is 2. The molecule has 0 bridgehead atoms. The summed E-state index contributed by atoms with van der Waals surface area (Å²) in [6.07, 6.45) is 0. The fourth-order valence-corrected chi connectivity index (χ4v) is 2.34.